The lowest BCUT2D eigenvalue weighted by Crippen LogP contribution is -2.44. The number of hydrogen-bond donors (Lipinski definition) is 0. The van der Waals surface area contributed by atoms with Crippen LogP contribution >= 0.6 is 11.8 Å². The highest BCUT2D eigenvalue weighted by Gasteiger charge is 2.28. The molecule has 0 aliphatic carbocycles. The lowest BCUT2D eigenvalue weighted by atomic mass is 10.1. The summed E-state index contributed by atoms with van der Waals surface area (Å²) < 4.78 is 6.09. The minimum absolute atomic E-state index is 0.00253. The van der Waals surface area contributed by atoms with Crippen molar-refractivity contribution in [3.05, 3.63) is 36.3 Å². The quantitative estimate of drug-likeness (QED) is 0.745. The largest absolute Gasteiger partial charge is 0.470 e. The van der Waals surface area contributed by atoms with Crippen molar-refractivity contribution < 1.29 is 9.53 Å². The molecule has 8 heteroatoms. The van der Waals surface area contributed by atoms with Gasteiger partial charge in [-0.15, -0.1) is 11.8 Å². The van der Waals surface area contributed by atoms with Crippen molar-refractivity contribution >= 4 is 23.5 Å². The maximum Gasteiger partial charge on any atom is 0.257 e. The number of carbonyl (C=O) groups is 1. The highest BCUT2D eigenvalue weighted by molar-refractivity contribution is 7.98. The molecule has 2 aromatic rings. The number of anilines is 1. The molecule has 1 aliphatic heterocycles. The van der Waals surface area contributed by atoms with Crippen molar-refractivity contribution in [2.24, 2.45) is 0 Å². The molecule has 1 saturated heterocycles. The Labute approximate surface area is 157 Å². The van der Waals surface area contributed by atoms with Gasteiger partial charge < -0.3 is 14.5 Å². The van der Waals surface area contributed by atoms with Crippen molar-refractivity contribution in [2.75, 3.05) is 38.3 Å². The SMILES string of the molecule is CSc1ncccc1C(=O)N1CCCC(Oc2nccnc2N(C)C)C1. The molecule has 7 nitrogen and oxygen atoms in total. The summed E-state index contributed by atoms with van der Waals surface area (Å²) in [5.41, 5.74) is 0.647. The first-order chi connectivity index (χ1) is 12.6. The van der Waals surface area contributed by atoms with Gasteiger partial charge in [-0.2, -0.15) is 0 Å². The number of amides is 1. The first kappa shape index (κ1) is 18.4. The van der Waals surface area contributed by atoms with Gasteiger partial charge in [-0.05, 0) is 31.2 Å². The highest BCUT2D eigenvalue weighted by atomic mass is 32.2. The maximum absolute atomic E-state index is 12.9. The summed E-state index contributed by atoms with van der Waals surface area (Å²) in [7, 11) is 3.81. The Kier molecular flexibility index (Phi) is 5.92. The molecule has 3 heterocycles. The predicted octanol–water partition coefficient (Wildman–Crippen LogP) is 2.34. The minimum Gasteiger partial charge on any atom is -0.470 e. The topological polar surface area (TPSA) is 71.5 Å². The number of rotatable bonds is 5. The number of hydrogen-bond acceptors (Lipinski definition) is 7. The van der Waals surface area contributed by atoms with Crippen LogP contribution in [0.1, 0.15) is 23.2 Å². The van der Waals surface area contributed by atoms with Crippen molar-refractivity contribution in [2.45, 2.75) is 24.0 Å². The number of aromatic nitrogens is 3. The van der Waals surface area contributed by atoms with Gasteiger partial charge in [0.05, 0.1) is 12.1 Å². The average molecular weight is 373 g/mol. The summed E-state index contributed by atoms with van der Waals surface area (Å²) in [5, 5.41) is 0.754. The van der Waals surface area contributed by atoms with E-state index in [1.165, 1.54) is 11.8 Å². The molecule has 0 spiro atoms. The molecule has 1 unspecified atom stereocenters. The van der Waals surface area contributed by atoms with Crippen LogP contribution in [0.25, 0.3) is 0 Å². The first-order valence-corrected chi connectivity index (χ1v) is 9.76. The van der Waals surface area contributed by atoms with E-state index in [2.05, 4.69) is 15.0 Å². The van der Waals surface area contributed by atoms with Crippen molar-refractivity contribution in [3.8, 4) is 5.88 Å². The second-order valence-electron chi connectivity index (χ2n) is 6.27. The van der Waals surface area contributed by atoms with Crippen LogP contribution in [0.3, 0.4) is 0 Å². The fourth-order valence-corrected chi connectivity index (χ4v) is 3.51. The summed E-state index contributed by atoms with van der Waals surface area (Å²) >= 11 is 1.48. The molecule has 1 aliphatic rings. The lowest BCUT2D eigenvalue weighted by Gasteiger charge is -2.33. The van der Waals surface area contributed by atoms with Gasteiger partial charge >= 0.3 is 0 Å². The van der Waals surface area contributed by atoms with E-state index >= 15 is 0 Å². The Morgan fingerprint density at radius 2 is 2.08 bits per heavy atom. The summed E-state index contributed by atoms with van der Waals surface area (Å²) in [6, 6.07) is 3.63. The average Bonchev–Trinajstić information content (AvgIpc) is 2.68. The van der Waals surface area contributed by atoms with E-state index in [0.717, 1.165) is 24.4 Å². The van der Waals surface area contributed by atoms with Crippen LogP contribution in [0.2, 0.25) is 0 Å². The summed E-state index contributed by atoms with van der Waals surface area (Å²) in [6.07, 6.45) is 8.58. The van der Waals surface area contributed by atoms with Gasteiger partial charge in [0.1, 0.15) is 11.1 Å². The fourth-order valence-electron chi connectivity index (χ4n) is 2.97. The third-order valence-corrected chi connectivity index (χ3v) is 4.92. The van der Waals surface area contributed by atoms with E-state index < -0.39 is 0 Å². The highest BCUT2D eigenvalue weighted by Crippen LogP contribution is 2.25. The van der Waals surface area contributed by atoms with Crippen LogP contribution < -0.4 is 9.64 Å². The zero-order chi connectivity index (χ0) is 18.5. The van der Waals surface area contributed by atoms with Crippen molar-refractivity contribution in [1.29, 1.82) is 0 Å². The Morgan fingerprint density at radius 3 is 2.85 bits per heavy atom. The van der Waals surface area contributed by atoms with E-state index in [0.29, 0.717) is 23.8 Å². The zero-order valence-corrected chi connectivity index (χ0v) is 16.1. The van der Waals surface area contributed by atoms with Gasteiger partial charge in [0.15, 0.2) is 5.82 Å². The molecule has 26 heavy (non-hydrogen) atoms. The molecule has 2 aromatic heterocycles. The smallest absolute Gasteiger partial charge is 0.257 e. The molecule has 1 fully saturated rings. The Hall–Kier alpha value is -2.35. The first-order valence-electron chi connectivity index (χ1n) is 8.53. The third-order valence-electron chi connectivity index (χ3n) is 4.21. The van der Waals surface area contributed by atoms with Gasteiger partial charge in [-0.3, -0.25) is 4.79 Å². The van der Waals surface area contributed by atoms with E-state index in [1.54, 1.807) is 24.7 Å². The normalized spacial score (nSPS) is 17.0. The molecule has 1 amide bonds. The van der Waals surface area contributed by atoms with Crippen molar-refractivity contribution in [3.63, 3.8) is 0 Å². The maximum atomic E-state index is 12.9. The molecule has 1 atom stereocenters. The van der Waals surface area contributed by atoms with Gasteiger partial charge in [0.2, 0.25) is 0 Å². The van der Waals surface area contributed by atoms with Gasteiger partial charge in [-0.25, -0.2) is 15.0 Å². The number of piperidine rings is 1. The Bertz CT molecular complexity index is 771. The van der Waals surface area contributed by atoms with Gasteiger partial charge in [-0.1, -0.05) is 0 Å². The number of carbonyl (C=O) groups excluding carboxylic acids is 1. The van der Waals surface area contributed by atoms with Crippen LogP contribution in [0.5, 0.6) is 5.88 Å². The van der Waals surface area contributed by atoms with E-state index in [9.17, 15) is 4.79 Å². The van der Waals surface area contributed by atoms with E-state index in [-0.39, 0.29) is 12.0 Å². The van der Waals surface area contributed by atoms with Crippen LogP contribution in [-0.2, 0) is 0 Å². The molecule has 0 radical (unpaired) electrons. The number of pyridine rings is 1. The molecule has 0 bridgehead atoms. The number of likely N-dealkylation sites (tertiary alicyclic amines) is 1. The fraction of sp³-hybridized carbons (Fsp3) is 0.444. The van der Waals surface area contributed by atoms with Crippen LogP contribution in [0.4, 0.5) is 5.82 Å². The van der Waals surface area contributed by atoms with Crippen molar-refractivity contribution in [1.82, 2.24) is 19.9 Å². The van der Waals surface area contributed by atoms with E-state index in [1.807, 2.05) is 36.2 Å². The second kappa shape index (κ2) is 8.35. The Balaban J connectivity index is 1.73. The Morgan fingerprint density at radius 1 is 1.27 bits per heavy atom. The minimum atomic E-state index is -0.0995. The zero-order valence-electron chi connectivity index (χ0n) is 15.3. The van der Waals surface area contributed by atoms with Gasteiger partial charge in [0.25, 0.3) is 11.8 Å². The molecular formula is C18H23N5O2S. The molecule has 3 rings (SSSR count). The predicted molar refractivity (Wildman–Crippen MR) is 102 cm³/mol. The lowest BCUT2D eigenvalue weighted by molar-refractivity contribution is 0.0524. The standard InChI is InChI=1S/C18H23N5O2S/c1-22(2)15-16(20-10-9-19-15)25-13-6-5-11-23(12-13)18(24)14-7-4-8-21-17(14)26-3/h4,7-10,13H,5-6,11-12H2,1-3H3. The summed E-state index contributed by atoms with van der Waals surface area (Å²) in [6.45, 7) is 1.26. The molecule has 0 N–H and O–H groups in total. The molecule has 138 valence electrons. The van der Waals surface area contributed by atoms with E-state index in [4.69, 9.17) is 4.74 Å². The molecule has 0 aromatic carbocycles. The summed E-state index contributed by atoms with van der Waals surface area (Å²) in [5.74, 6) is 1.19. The van der Waals surface area contributed by atoms with Crippen LogP contribution in [0.15, 0.2) is 35.7 Å². The van der Waals surface area contributed by atoms with Crippen LogP contribution in [0, 0.1) is 0 Å². The second-order valence-corrected chi connectivity index (χ2v) is 7.07. The number of nitrogens with zero attached hydrogens (tertiary/aromatic N) is 5. The monoisotopic (exact) mass is 373 g/mol. The summed E-state index contributed by atoms with van der Waals surface area (Å²) in [4.78, 5) is 29.6. The molecular weight excluding hydrogens is 350 g/mol. The molecule has 0 saturated carbocycles. The number of thioether (sulfide) groups is 1. The van der Waals surface area contributed by atoms with Crippen LogP contribution in [-0.4, -0.2) is 65.3 Å². The third kappa shape index (κ3) is 4.07. The van der Waals surface area contributed by atoms with Gasteiger partial charge in [0, 0.05) is 39.2 Å². The number of ether oxygens (including phenoxy) is 1.